The van der Waals surface area contributed by atoms with E-state index in [4.69, 9.17) is 0 Å². The maximum Gasteiger partial charge on any atom is 0.0717 e. The van der Waals surface area contributed by atoms with E-state index in [1.165, 1.54) is 29.5 Å². The Labute approximate surface area is 202 Å². The van der Waals surface area contributed by atoms with Gasteiger partial charge in [-0.25, -0.2) is 0 Å². The van der Waals surface area contributed by atoms with Crippen LogP contribution in [0.4, 0.5) is 0 Å². The van der Waals surface area contributed by atoms with Crippen LogP contribution in [0.15, 0.2) is 64.3 Å². The fourth-order valence-corrected chi connectivity index (χ4v) is 13.0. The molecule has 0 amide bonds. The molecule has 172 valence electrons. The Morgan fingerprint density at radius 3 is 2.03 bits per heavy atom. The van der Waals surface area contributed by atoms with E-state index in [0.29, 0.717) is 16.5 Å². The van der Waals surface area contributed by atoms with Crippen LogP contribution in [0.25, 0.3) is 17.2 Å². The van der Waals surface area contributed by atoms with Crippen molar-refractivity contribution >= 4 is 14.1 Å². The normalized spacial score (nSPS) is 22.2. The number of benzene rings is 2. The third-order valence-electron chi connectivity index (χ3n) is 9.22. The van der Waals surface area contributed by atoms with Crippen molar-refractivity contribution in [2.75, 3.05) is 0 Å². The first-order valence-corrected chi connectivity index (χ1v) is 15.9. The first-order chi connectivity index (χ1) is 15.4. The summed E-state index contributed by atoms with van der Waals surface area (Å²) in [5, 5.41) is 0. The molecule has 0 saturated carbocycles. The number of allylic oxidation sites excluding steroid dienone is 5. The second-order valence-electron chi connectivity index (χ2n) is 12.5. The lowest BCUT2D eigenvalue weighted by Gasteiger charge is -2.39. The Balaban J connectivity index is 1.73. The Morgan fingerprint density at radius 1 is 0.818 bits per heavy atom. The second kappa shape index (κ2) is 7.44. The monoisotopic (exact) mass is 452 g/mol. The summed E-state index contributed by atoms with van der Waals surface area (Å²) in [5.41, 5.74) is 18.8. The van der Waals surface area contributed by atoms with E-state index in [0.717, 1.165) is 0 Å². The van der Waals surface area contributed by atoms with Crippen molar-refractivity contribution in [1.82, 2.24) is 0 Å². The summed E-state index contributed by atoms with van der Waals surface area (Å²) in [5.74, 6) is 0. The smallest absolute Gasteiger partial charge is 0.0679 e. The Hall–Kier alpha value is -2.12. The van der Waals surface area contributed by atoms with Crippen LogP contribution in [0.1, 0.15) is 76.3 Å². The summed E-state index contributed by atoms with van der Waals surface area (Å²) >= 11 is 0. The first-order valence-electron chi connectivity index (χ1n) is 12.7. The minimum Gasteiger partial charge on any atom is -0.0679 e. The van der Waals surface area contributed by atoms with Crippen LogP contribution in [-0.2, 0) is 12.8 Å². The van der Waals surface area contributed by atoms with Gasteiger partial charge in [0.15, 0.2) is 0 Å². The third-order valence-corrected chi connectivity index (χ3v) is 13.8. The van der Waals surface area contributed by atoms with Gasteiger partial charge in [0.2, 0.25) is 0 Å². The minimum absolute atomic E-state index is 0.348. The van der Waals surface area contributed by atoms with Crippen LogP contribution >= 0.6 is 0 Å². The molecule has 0 aromatic heterocycles. The van der Waals surface area contributed by atoms with Crippen molar-refractivity contribution in [2.45, 2.75) is 85.5 Å². The van der Waals surface area contributed by atoms with Gasteiger partial charge in [0.05, 0.1) is 8.07 Å². The van der Waals surface area contributed by atoms with E-state index in [1.54, 1.807) is 44.6 Å². The lowest BCUT2D eigenvalue weighted by molar-refractivity contribution is 0.393. The molecule has 5 rings (SSSR count). The summed E-state index contributed by atoms with van der Waals surface area (Å²) in [7, 11) is -1.74. The molecule has 0 aliphatic heterocycles. The van der Waals surface area contributed by atoms with E-state index in [9.17, 15) is 0 Å². The van der Waals surface area contributed by atoms with Crippen LogP contribution in [0.3, 0.4) is 0 Å². The maximum atomic E-state index is 2.66. The molecule has 0 fully saturated rings. The predicted octanol–water partition coefficient (Wildman–Crippen LogP) is 9.28. The topological polar surface area (TPSA) is 0 Å². The number of hydrogen-bond acceptors (Lipinski definition) is 0. The zero-order valence-corrected chi connectivity index (χ0v) is 23.1. The van der Waals surface area contributed by atoms with Crippen LogP contribution < -0.4 is 0 Å². The average molecular weight is 453 g/mol. The molecule has 0 bridgehead atoms. The van der Waals surface area contributed by atoms with Crippen molar-refractivity contribution in [2.24, 2.45) is 5.41 Å². The lowest BCUT2D eigenvalue weighted by atomic mass is 9.88. The van der Waals surface area contributed by atoms with Gasteiger partial charge >= 0.3 is 0 Å². The minimum atomic E-state index is -1.74. The molecule has 3 aliphatic rings. The van der Waals surface area contributed by atoms with E-state index in [1.807, 2.05) is 0 Å². The zero-order chi connectivity index (χ0) is 23.9. The molecule has 2 aromatic rings. The molecule has 0 saturated heterocycles. The summed E-state index contributed by atoms with van der Waals surface area (Å²) in [4.78, 5) is 0. The highest BCUT2D eigenvalue weighted by atomic mass is 28.3. The number of rotatable bonds is 3. The van der Waals surface area contributed by atoms with Crippen molar-refractivity contribution in [3.05, 3.63) is 86.5 Å². The van der Waals surface area contributed by atoms with Crippen molar-refractivity contribution in [3.63, 3.8) is 0 Å². The molecule has 0 N–H and O–H groups in total. The van der Waals surface area contributed by atoms with Gasteiger partial charge in [-0.3, -0.25) is 0 Å². The van der Waals surface area contributed by atoms with Crippen molar-refractivity contribution < 1.29 is 0 Å². The average Bonchev–Trinajstić information content (AvgIpc) is 3.30. The van der Waals surface area contributed by atoms with Gasteiger partial charge in [-0.05, 0) is 103 Å². The van der Waals surface area contributed by atoms with E-state index in [2.05, 4.69) is 104 Å². The molecule has 2 aromatic carbocycles. The maximum absolute atomic E-state index is 2.66. The molecule has 3 aliphatic carbocycles. The van der Waals surface area contributed by atoms with Crippen LogP contribution in [0, 0.1) is 5.41 Å². The summed E-state index contributed by atoms with van der Waals surface area (Å²) < 4.78 is 0. The molecule has 1 atom stereocenters. The second-order valence-corrected chi connectivity index (χ2v) is 17.3. The zero-order valence-electron chi connectivity index (χ0n) is 22.1. The molecular weight excluding hydrogens is 412 g/mol. The summed E-state index contributed by atoms with van der Waals surface area (Å²) in [6, 6.07) is 13.8. The van der Waals surface area contributed by atoms with Crippen LogP contribution in [0.5, 0.6) is 0 Å². The summed E-state index contributed by atoms with van der Waals surface area (Å²) in [6.45, 7) is 22.1. The van der Waals surface area contributed by atoms with Gasteiger partial charge < -0.3 is 0 Å². The molecule has 0 radical (unpaired) electrons. The highest BCUT2D eigenvalue weighted by molar-refractivity contribution is 6.82. The van der Waals surface area contributed by atoms with Gasteiger partial charge in [-0.1, -0.05) is 86.1 Å². The van der Waals surface area contributed by atoms with E-state index < -0.39 is 8.07 Å². The fourth-order valence-electron chi connectivity index (χ4n) is 7.74. The molecule has 0 spiro atoms. The van der Waals surface area contributed by atoms with Gasteiger partial charge in [0.1, 0.15) is 0 Å². The van der Waals surface area contributed by atoms with Gasteiger partial charge in [0.25, 0.3) is 0 Å². The molecule has 1 unspecified atom stereocenters. The number of hydrogen-bond donors (Lipinski definition) is 0. The molecule has 0 nitrogen and oxygen atoms in total. The SMILES string of the molecule is CC1=Cc2c(cc3c(c2-c2ccccc2)CC(C)(C)C3)C1[Si](C)(C)C1C(C)=C(C)C(C)=C1C. The molecule has 0 heterocycles. The standard InChI is InChI=1S/C32H40Si/c1-19-15-26-27(30(19)33(8,9)31-22(4)20(2)21(3)23(31)5)16-25-17-32(6,7)18-28(25)29(26)24-13-11-10-12-14-24/h10-16,30-31H,17-18H2,1-9H3. The highest BCUT2D eigenvalue weighted by Crippen LogP contribution is 2.57. The van der Waals surface area contributed by atoms with E-state index >= 15 is 0 Å². The first kappa shape index (κ1) is 22.7. The van der Waals surface area contributed by atoms with Crippen LogP contribution in [-0.4, -0.2) is 8.07 Å². The fraction of sp³-hybridized carbons (Fsp3) is 0.438. The molecule has 33 heavy (non-hydrogen) atoms. The molecule has 1 heteroatoms. The largest absolute Gasteiger partial charge is 0.0717 e. The van der Waals surface area contributed by atoms with Crippen molar-refractivity contribution in [3.8, 4) is 11.1 Å². The van der Waals surface area contributed by atoms with Gasteiger partial charge in [-0.15, -0.1) is 0 Å². The summed E-state index contributed by atoms with van der Waals surface area (Å²) in [6.07, 6.45) is 4.95. The third kappa shape index (κ3) is 3.30. The number of fused-ring (bicyclic) bond motifs is 2. The Morgan fingerprint density at radius 2 is 1.42 bits per heavy atom. The van der Waals surface area contributed by atoms with Crippen molar-refractivity contribution in [1.29, 1.82) is 0 Å². The Kier molecular flexibility index (Phi) is 5.11. The van der Waals surface area contributed by atoms with Gasteiger partial charge in [0, 0.05) is 5.54 Å². The van der Waals surface area contributed by atoms with E-state index in [-0.39, 0.29) is 0 Å². The van der Waals surface area contributed by atoms with Gasteiger partial charge in [-0.2, -0.15) is 0 Å². The predicted molar refractivity (Wildman–Crippen MR) is 147 cm³/mol. The highest BCUT2D eigenvalue weighted by Gasteiger charge is 2.48. The quantitative estimate of drug-likeness (QED) is 0.407. The molecular formula is C32H40Si. The lowest BCUT2D eigenvalue weighted by Crippen LogP contribution is -2.41. The Bertz CT molecular complexity index is 1220. The van der Waals surface area contributed by atoms with Crippen LogP contribution in [0.2, 0.25) is 18.6 Å².